The van der Waals surface area contributed by atoms with Gasteiger partial charge in [-0.25, -0.2) is 0 Å². The van der Waals surface area contributed by atoms with Gasteiger partial charge in [0.25, 0.3) is 0 Å². The lowest BCUT2D eigenvalue weighted by Gasteiger charge is -2.09. The first-order valence-electron chi connectivity index (χ1n) is 5.04. The fourth-order valence-corrected chi connectivity index (χ4v) is 2.00. The van der Waals surface area contributed by atoms with Crippen LogP contribution in [-0.4, -0.2) is 16.9 Å². The highest BCUT2D eigenvalue weighted by Gasteiger charge is 2.25. The highest BCUT2D eigenvalue weighted by atomic mass is 16.4. The quantitative estimate of drug-likeness (QED) is 0.555. The lowest BCUT2D eigenvalue weighted by molar-refractivity contribution is -0.142. The van der Waals surface area contributed by atoms with Crippen LogP contribution in [0.4, 0.5) is 0 Å². The van der Waals surface area contributed by atoms with Gasteiger partial charge in [-0.15, -0.1) is 0 Å². The molecule has 3 heteroatoms. The van der Waals surface area contributed by atoms with Gasteiger partial charge >= 0.3 is 5.97 Å². The third-order valence-electron chi connectivity index (χ3n) is 2.92. The zero-order chi connectivity index (χ0) is 10.6. The van der Waals surface area contributed by atoms with Crippen molar-refractivity contribution in [2.75, 3.05) is 0 Å². The molecule has 1 saturated carbocycles. The number of aliphatic carboxylic acids is 1. The van der Waals surface area contributed by atoms with Crippen molar-refractivity contribution in [3.63, 3.8) is 0 Å². The molecular formula is C11H16O3. The molecule has 3 nitrogen and oxygen atoms in total. The van der Waals surface area contributed by atoms with Crippen LogP contribution in [0.1, 0.15) is 32.1 Å². The summed E-state index contributed by atoms with van der Waals surface area (Å²) in [5, 5.41) is 8.84. The van der Waals surface area contributed by atoms with E-state index in [0.29, 0.717) is 19.3 Å². The monoisotopic (exact) mass is 196 g/mol. The van der Waals surface area contributed by atoms with Crippen LogP contribution in [0.25, 0.3) is 0 Å². The maximum Gasteiger partial charge on any atom is 0.306 e. The van der Waals surface area contributed by atoms with E-state index < -0.39 is 5.97 Å². The molecule has 0 aromatic rings. The molecule has 0 bridgehead atoms. The molecule has 14 heavy (non-hydrogen) atoms. The number of carbonyl (C=O) groups excluding carboxylic acids is 1. The Morgan fingerprint density at radius 2 is 1.71 bits per heavy atom. The fourth-order valence-electron chi connectivity index (χ4n) is 2.00. The van der Waals surface area contributed by atoms with Crippen LogP contribution in [0, 0.1) is 11.8 Å². The normalized spacial score (nSPS) is 27.7. The van der Waals surface area contributed by atoms with Crippen LogP contribution in [-0.2, 0) is 9.59 Å². The lowest BCUT2D eigenvalue weighted by atomic mass is 9.94. The molecule has 0 heterocycles. The Labute approximate surface area is 83.8 Å². The van der Waals surface area contributed by atoms with E-state index in [4.69, 9.17) is 5.11 Å². The Bertz CT molecular complexity index is 245. The maximum atomic E-state index is 11.3. The lowest BCUT2D eigenvalue weighted by Crippen LogP contribution is -2.14. The largest absolute Gasteiger partial charge is 0.481 e. The molecule has 2 atom stereocenters. The second kappa shape index (κ2) is 4.94. The van der Waals surface area contributed by atoms with Gasteiger partial charge in [-0.1, -0.05) is 13.0 Å². The summed E-state index contributed by atoms with van der Waals surface area (Å²) in [6, 6.07) is 0. The Kier molecular flexibility index (Phi) is 3.86. The summed E-state index contributed by atoms with van der Waals surface area (Å²) in [5.74, 6) is -0.901. The smallest absolute Gasteiger partial charge is 0.306 e. The van der Waals surface area contributed by atoms with Crippen LogP contribution in [0.2, 0.25) is 0 Å². The maximum absolute atomic E-state index is 11.3. The average Bonchev–Trinajstić information content (AvgIpc) is 2.41. The van der Waals surface area contributed by atoms with E-state index in [-0.39, 0.29) is 17.6 Å². The van der Waals surface area contributed by atoms with E-state index in [9.17, 15) is 9.59 Å². The van der Waals surface area contributed by atoms with Crippen LogP contribution in [0.15, 0.2) is 12.7 Å². The van der Waals surface area contributed by atoms with E-state index in [2.05, 4.69) is 6.58 Å². The van der Waals surface area contributed by atoms with E-state index in [0.717, 1.165) is 12.8 Å². The van der Waals surface area contributed by atoms with E-state index in [1.54, 1.807) is 0 Å². The minimum atomic E-state index is -0.725. The molecule has 0 aromatic heterocycles. The number of carboxylic acid groups (broad SMARTS) is 1. The van der Waals surface area contributed by atoms with Crippen molar-refractivity contribution < 1.29 is 14.7 Å². The molecule has 1 N–H and O–H groups in total. The van der Waals surface area contributed by atoms with Gasteiger partial charge in [0.15, 0.2) is 5.78 Å². The Morgan fingerprint density at radius 3 is 2.29 bits per heavy atom. The van der Waals surface area contributed by atoms with Crippen LogP contribution < -0.4 is 0 Å². The average molecular weight is 196 g/mol. The standard InChI is InChI=1S/C11H16O3/c1-2-10(12)8-4-3-5-9(7-6-8)11(13)14/h2,8-9H,1,3-7H2,(H,13,14). The van der Waals surface area contributed by atoms with Crippen molar-refractivity contribution in [1.29, 1.82) is 0 Å². The number of allylic oxidation sites excluding steroid dienone is 1. The molecule has 1 aliphatic rings. The first-order chi connectivity index (χ1) is 6.65. The predicted molar refractivity (Wildman–Crippen MR) is 52.9 cm³/mol. The van der Waals surface area contributed by atoms with Gasteiger partial charge in [-0.05, 0) is 31.8 Å². The van der Waals surface area contributed by atoms with Crippen LogP contribution in [0.3, 0.4) is 0 Å². The third-order valence-corrected chi connectivity index (χ3v) is 2.92. The molecule has 0 radical (unpaired) electrons. The Morgan fingerprint density at radius 1 is 1.14 bits per heavy atom. The van der Waals surface area contributed by atoms with Crippen molar-refractivity contribution in [1.82, 2.24) is 0 Å². The molecule has 1 rings (SSSR count). The minimum Gasteiger partial charge on any atom is -0.481 e. The number of ketones is 1. The van der Waals surface area contributed by atoms with Crippen molar-refractivity contribution in [2.24, 2.45) is 11.8 Å². The summed E-state index contributed by atoms with van der Waals surface area (Å²) in [6.45, 7) is 3.45. The molecule has 0 saturated heterocycles. The molecule has 0 aromatic carbocycles. The van der Waals surface area contributed by atoms with Crippen molar-refractivity contribution >= 4 is 11.8 Å². The van der Waals surface area contributed by atoms with E-state index >= 15 is 0 Å². The number of rotatable bonds is 3. The van der Waals surface area contributed by atoms with Gasteiger partial charge in [0.1, 0.15) is 0 Å². The number of carboxylic acids is 1. The van der Waals surface area contributed by atoms with E-state index in [1.807, 2.05) is 0 Å². The second-order valence-corrected chi connectivity index (χ2v) is 3.85. The molecule has 2 unspecified atom stereocenters. The summed E-state index contributed by atoms with van der Waals surface area (Å²) in [6.07, 6.45) is 5.03. The Balaban J connectivity index is 2.52. The van der Waals surface area contributed by atoms with Gasteiger partial charge in [-0.3, -0.25) is 9.59 Å². The minimum absolute atomic E-state index is 0.0110. The van der Waals surface area contributed by atoms with E-state index in [1.165, 1.54) is 6.08 Å². The summed E-state index contributed by atoms with van der Waals surface area (Å²) in [5.41, 5.74) is 0. The first kappa shape index (κ1) is 11.0. The summed E-state index contributed by atoms with van der Waals surface area (Å²) >= 11 is 0. The fraction of sp³-hybridized carbons (Fsp3) is 0.636. The molecule has 0 aliphatic heterocycles. The number of carbonyl (C=O) groups is 2. The topological polar surface area (TPSA) is 54.4 Å². The molecule has 0 spiro atoms. The van der Waals surface area contributed by atoms with Crippen molar-refractivity contribution in [2.45, 2.75) is 32.1 Å². The first-order valence-corrected chi connectivity index (χ1v) is 5.04. The van der Waals surface area contributed by atoms with Crippen molar-refractivity contribution in [3.05, 3.63) is 12.7 Å². The highest BCUT2D eigenvalue weighted by molar-refractivity contribution is 5.91. The second-order valence-electron chi connectivity index (χ2n) is 3.85. The van der Waals surface area contributed by atoms with Gasteiger partial charge in [0, 0.05) is 5.92 Å². The number of hydrogen-bond donors (Lipinski definition) is 1. The predicted octanol–water partition coefficient (Wildman–Crippen LogP) is 2.02. The van der Waals surface area contributed by atoms with Crippen LogP contribution >= 0.6 is 0 Å². The van der Waals surface area contributed by atoms with Crippen LogP contribution in [0.5, 0.6) is 0 Å². The zero-order valence-electron chi connectivity index (χ0n) is 8.24. The number of hydrogen-bond acceptors (Lipinski definition) is 2. The zero-order valence-corrected chi connectivity index (χ0v) is 8.24. The Hall–Kier alpha value is -1.12. The van der Waals surface area contributed by atoms with Gasteiger partial charge < -0.3 is 5.11 Å². The van der Waals surface area contributed by atoms with Gasteiger partial charge in [0.05, 0.1) is 5.92 Å². The highest BCUT2D eigenvalue weighted by Crippen LogP contribution is 2.28. The third kappa shape index (κ3) is 2.69. The van der Waals surface area contributed by atoms with Gasteiger partial charge in [-0.2, -0.15) is 0 Å². The van der Waals surface area contributed by atoms with Gasteiger partial charge in [0.2, 0.25) is 0 Å². The molecule has 78 valence electrons. The summed E-state index contributed by atoms with van der Waals surface area (Å²) < 4.78 is 0. The summed E-state index contributed by atoms with van der Waals surface area (Å²) in [4.78, 5) is 22.1. The van der Waals surface area contributed by atoms with Crippen molar-refractivity contribution in [3.8, 4) is 0 Å². The molecule has 1 aliphatic carbocycles. The SMILES string of the molecule is C=CC(=O)C1CCCC(C(=O)O)CC1. The summed E-state index contributed by atoms with van der Waals surface area (Å²) in [7, 11) is 0. The molecule has 1 fully saturated rings. The molecular weight excluding hydrogens is 180 g/mol. The molecule has 0 amide bonds.